The molecular weight excluding hydrogens is 248 g/mol. The van der Waals surface area contributed by atoms with E-state index in [9.17, 15) is 9.59 Å². The molecule has 1 saturated heterocycles. The monoisotopic (exact) mass is 272 g/mol. The largest absolute Gasteiger partial charge is 0.469 e. The van der Waals surface area contributed by atoms with Gasteiger partial charge in [0.05, 0.1) is 20.1 Å². The van der Waals surface area contributed by atoms with Crippen molar-refractivity contribution in [2.45, 2.75) is 32.2 Å². The highest BCUT2D eigenvalue weighted by Crippen LogP contribution is 2.19. The predicted octanol–water partition coefficient (Wildman–Crippen LogP) is 0.152. The molecule has 0 bridgehead atoms. The number of methoxy groups -OCH3 is 1. The van der Waals surface area contributed by atoms with E-state index >= 15 is 0 Å². The summed E-state index contributed by atoms with van der Waals surface area (Å²) in [7, 11) is 1.38. The lowest BCUT2D eigenvalue weighted by Gasteiger charge is -2.35. The third kappa shape index (κ3) is 6.02. The van der Waals surface area contributed by atoms with Crippen LogP contribution in [0, 0.1) is 5.92 Å². The Morgan fingerprint density at radius 2 is 2.05 bits per heavy atom. The van der Waals surface area contributed by atoms with E-state index in [0.29, 0.717) is 26.0 Å². The zero-order valence-corrected chi connectivity index (χ0v) is 11.8. The van der Waals surface area contributed by atoms with Crippen molar-refractivity contribution in [1.82, 2.24) is 4.90 Å². The molecule has 0 aromatic rings. The SMILES string of the molecule is CCOC(=O)CC1CC(N)CN(CCC(=O)OC)C1. The molecule has 0 aliphatic carbocycles. The van der Waals surface area contributed by atoms with Crippen LogP contribution in [0.15, 0.2) is 0 Å². The second-order valence-electron chi connectivity index (χ2n) is 4.96. The first-order valence-corrected chi connectivity index (χ1v) is 6.75. The summed E-state index contributed by atoms with van der Waals surface area (Å²) in [6, 6.07) is 0.0471. The summed E-state index contributed by atoms with van der Waals surface area (Å²) >= 11 is 0. The molecule has 0 aromatic heterocycles. The minimum atomic E-state index is -0.221. The summed E-state index contributed by atoms with van der Waals surface area (Å²) in [4.78, 5) is 24.7. The number of nitrogens with two attached hydrogens (primary N) is 1. The predicted molar refractivity (Wildman–Crippen MR) is 70.4 cm³/mol. The molecule has 1 fully saturated rings. The molecule has 1 aliphatic rings. The highest BCUT2D eigenvalue weighted by Gasteiger charge is 2.27. The molecule has 0 radical (unpaired) electrons. The summed E-state index contributed by atoms with van der Waals surface area (Å²) in [6.45, 7) is 4.37. The molecule has 1 rings (SSSR count). The van der Waals surface area contributed by atoms with Gasteiger partial charge in [-0.05, 0) is 19.3 Å². The molecule has 2 N–H and O–H groups in total. The Hall–Kier alpha value is -1.14. The summed E-state index contributed by atoms with van der Waals surface area (Å²) in [6.07, 6.45) is 1.58. The van der Waals surface area contributed by atoms with E-state index in [1.165, 1.54) is 7.11 Å². The number of likely N-dealkylation sites (tertiary alicyclic amines) is 1. The standard InChI is InChI=1S/C13H24N2O4/c1-3-19-13(17)7-10-6-11(14)9-15(8-10)5-4-12(16)18-2/h10-11H,3-9,14H2,1-2H3. The fraction of sp³-hybridized carbons (Fsp3) is 0.846. The van der Waals surface area contributed by atoms with Crippen LogP contribution in [-0.2, 0) is 19.1 Å². The molecule has 0 saturated carbocycles. The molecule has 19 heavy (non-hydrogen) atoms. The lowest BCUT2D eigenvalue weighted by Crippen LogP contribution is -2.48. The van der Waals surface area contributed by atoms with Crippen molar-refractivity contribution < 1.29 is 19.1 Å². The van der Waals surface area contributed by atoms with Gasteiger partial charge in [0.2, 0.25) is 0 Å². The number of hydrogen-bond donors (Lipinski definition) is 1. The topological polar surface area (TPSA) is 81.9 Å². The van der Waals surface area contributed by atoms with Crippen LogP contribution in [0.5, 0.6) is 0 Å². The Labute approximate surface area is 114 Å². The summed E-state index contributed by atoms with van der Waals surface area (Å²) in [5, 5.41) is 0. The number of piperidine rings is 1. The van der Waals surface area contributed by atoms with Crippen LogP contribution < -0.4 is 5.73 Å². The molecule has 0 aromatic carbocycles. The van der Waals surface area contributed by atoms with Gasteiger partial charge in [0.15, 0.2) is 0 Å². The van der Waals surface area contributed by atoms with Crippen LogP contribution in [0.2, 0.25) is 0 Å². The maximum absolute atomic E-state index is 11.5. The minimum Gasteiger partial charge on any atom is -0.469 e. The highest BCUT2D eigenvalue weighted by atomic mass is 16.5. The smallest absolute Gasteiger partial charge is 0.306 e. The first-order valence-electron chi connectivity index (χ1n) is 6.75. The molecule has 2 unspecified atom stereocenters. The van der Waals surface area contributed by atoms with E-state index in [1.54, 1.807) is 6.92 Å². The number of carbonyl (C=O) groups is 2. The van der Waals surface area contributed by atoms with Crippen molar-refractivity contribution in [2.24, 2.45) is 11.7 Å². The minimum absolute atomic E-state index is 0.0471. The van der Waals surface area contributed by atoms with E-state index in [-0.39, 0.29) is 23.9 Å². The molecule has 0 amide bonds. The van der Waals surface area contributed by atoms with Crippen LogP contribution in [0.4, 0.5) is 0 Å². The van der Waals surface area contributed by atoms with Gasteiger partial charge in [-0.25, -0.2) is 0 Å². The van der Waals surface area contributed by atoms with Crippen LogP contribution in [0.3, 0.4) is 0 Å². The third-order valence-electron chi connectivity index (χ3n) is 3.27. The fourth-order valence-electron chi connectivity index (χ4n) is 2.49. The fourth-order valence-corrected chi connectivity index (χ4v) is 2.49. The first kappa shape index (κ1) is 15.9. The first-order chi connectivity index (χ1) is 9.05. The van der Waals surface area contributed by atoms with Gasteiger partial charge >= 0.3 is 11.9 Å². The Balaban J connectivity index is 2.39. The van der Waals surface area contributed by atoms with Crippen LogP contribution in [-0.4, -0.2) is 56.2 Å². The van der Waals surface area contributed by atoms with E-state index in [2.05, 4.69) is 9.64 Å². The summed E-state index contributed by atoms with van der Waals surface area (Å²) in [5.74, 6) is -0.184. The molecule has 0 spiro atoms. The lowest BCUT2D eigenvalue weighted by atomic mass is 9.92. The van der Waals surface area contributed by atoms with E-state index in [0.717, 1.165) is 19.5 Å². The summed E-state index contributed by atoms with van der Waals surface area (Å²) in [5.41, 5.74) is 5.99. The van der Waals surface area contributed by atoms with Gasteiger partial charge in [-0.1, -0.05) is 0 Å². The molecule has 1 aliphatic heterocycles. The van der Waals surface area contributed by atoms with Gasteiger partial charge in [0.1, 0.15) is 0 Å². The Morgan fingerprint density at radius 1 is 1.32 bits per heavy atom. The van der Waals surface area contributed by atoms with Crippen LogP contribution >= 0.6 is 0 Å². The average Bonchev–Trinajstić information content (AvgIpc) is 2.35. The summed E-state index contributed by atoms with van der Waals surface area (Å²) < 4.78 is 9.58. The van der Waals surface area contributed by atoms with Crippen molar-refractivity contribution in [3.63, 3.8) is 0 Å². The molecule has 2 atom stereocenters. The van der Waals surface area contributed by atoms with Gasteiger partial charge in [-0.2, -0.15) is 0 Å². The van der Waals surface area contributed by atoms with Gasteiger partial charge < -0.3 is 20.1 Å². The molecule has 110 valence electrons. The Morgan fingerprint density at radius 3 is 2.68 bits per heavy atom. The molecule has 1 heterocycles. The Bertz CT molecular complexity index is 309. The normalized spacial score (nSPS) is 23.9. The average molecular weight is 272 g/mol. The quantitative estimate of drug-likeness (QED) is 0.693. The van der Waals surface area contributed by atoms with E-state index in [1.807, 2.05) is 0 Å². The van der Waals surface area contributed by atoms with E-state index in [4.69, 9.17) is 10.5 Å². The van der Waals surface area contributed by atoms with Gasteiger partial charge in [0, 0.05) is 32.1 Å². The number of esters is 2. The van der Waals surface area contributed by atoms with Crippen molar-refractivity contribution in [1.29, 1.82) is 0 Å². The van der Waals surface area contributed by atoms with Crippen molar-refractivity contribution in [3.05, 3.63) is 0 Å². The number of carbonyl (C=O) groups excluding carboxylic acids is 2. The van der Waals surface area contributed by atoms with E-state index < -0.39 is 0 Å². The van der Waals surface area contributed by atoms with Crippen molar-refractivity contribution in [3.8, 4) is 0 Å². The van der Waals surface area contributed by atoms with Gasteiger partial charge in [-0.3, -0.25) is 9.59 Å². The van der Waals surface area contributed by atoms with Crippen molar-refractivity contribution in [2.75, 3.05) is 33.4 Å². The molecule has 6 nitrogen and oxygen atoms in total. The number of rotatable bonds is 6. The number of nitrogens with zero attached hydrogens (tertiary/aromatic N) is 1. The molecule has 6 heteroatoms. The molecular formula is C13H24N2O4. The van der Waals surface area contributed by atoms with Gasteiger partial charge in [-0.15, -0.1) is 0 Å². The number of hydrogen-bond acceptors (Lipinski definition) is 6. The zero-order valence-electron chi connectivity index (χ0n) is 11.8. The lowest BCUT2D eigenvalue weighted by molar-refractivity contribution is -0.145. The second kappa shape index (κ2) is 8.12. The third-order valence-corrected chi connectivity index (χ3v) is 3.27. The second-order valence-corrected chi connectivity index (χ2v) is 4.96. The maximum Gasteiger partial charge on any atom is 0.306 e. The van der Waals surface area contributed by atoms with Crippen molar-refractivity contribution >= 4 is 11.9 Å². The van der Waals surface area contributed by atoms with Crippen LogP contribution in [0.25, 0.3) is 0 Å². The highest BCUT2D eigenvalue weighted by molar-refractivity contribution is 5.70. The maximum atomic E-state index is 11.5. The Kier molecular flexibility index (Phi) is 6.80. The van der Waals surface area contributed by atoms with Gasteiger partial charge in [0.25, 0.3) is 0 Å². The zero-order chi connectivity index (χ0) is 14.3. The van der Waals surface area contributed by atoms with Crippen LogP contribution in [0.1, 0.15) is 26.2 Å². The number of ether oxygens (including phenoxy) is 2.